The molecule has 1 rings (SSSR count). The highest BCUT2D eigenvalue weighted by Gasteiger charge is 2.18. The van der Waals surface area contributed by atoms with Crippen LogP contribution in [0.5, 0.6) is 0 Å². The highest BCUT2D eigenvalue weighted by Crippen LogP contribution is 2.15. The highest BCUT2D eigenvalue weighted by molar-refractivity contribution is 7.91. The molecule has 0 unspecified atom stereocenters. The van der Waals surface area contributed by atoms with Gasteiger partial charge in [0.05, 0.1) is 17.5 Å². The summed E-state index contributed by atoms with van der Waals surface area (Å²) >= 11 is 0. The lowest BCUT2D eigenvalue weighted by atomic mass is 10.2. The van der Waals surface area contributed by atoms with Crippen LogP contribution < -0.4 is 0 Å². The van der Waals surface area contributed by atoms with E-state index in [0.717, 1.165) is 12.8 Å². The zero-order valence-corrected chi connectivity index (χ0v) is 11.4. The number of aliphatic carboxylic acids is 1. The molecule has 102 valence electrons. The Bertz CT molecular complexity index is 503. The van der Waals surface area contributed by atoms with Crippen LogP contribution in [-0.2, 0) is 20.4 Å². The van der Waals surface area contributed by atoms with Crippen LogP contribution in [0, 0.1) is 0 Å². The van der Waals surface area contributed by atoms with Gasteiger partial charge in [-0.05, 0) is 18.9 Å². The summed E-state index contributed by atoms with van der Waals surface area (Å²) in [4.78, 5) is 10.4. The molecule has 0 bridgehead atoms. The third-order valence-corrected chi connectivity index (χ3v) is 4.11. The van der Waals surface area contributed by atoms with Crippen molar-refractivity contribution in [2.45, 2.75) is 38.5 Å². The maximum atomic E-state index is 11.5. The third-order valence-electron chi connectivity index (χ3n) is 2.69. The summed E-state index contributed by atoms with van der Waals surface area (Å²) in [5, 5.41) is 12.7. The first-order chi connectivity index (χ1) is 8.38. The number of rotatable bonds is 7. The summed E-state index contributed by atoms with van der Waals surface area (Å²) in [6.45, 7) is 4.08. The molecule has 0 saturated heterocycles. The smallest absolute Gasteiger partial charge is 0.318 e. The largest absolute Gasteiger partial charge is 0.480 e. The van der Waals surface area contributed by atoms with Crippen molar-refractivity contribution in [3.8, 4) is 0 Å². The van der Waals surface area contributed by atoms with Crippen LogP contribution in [0.4, 0.5) is 0 Å². The molecule has 1 N–H and O–H groups in total. The van der Waals surface area contributed by atoms with Crippen molar-refractivity contribution in [1.29, 1.82) is 0 Å². The Labute approximate surface area is 107 Å². The predicted octanol–water partition coefficient (Wildman–Crippen LogP) is 1.24. The number of carboxylic acids is 1. The molecule has 0 atom stereocenters. The van der Waals surface area contributed by atoms with E-state index >= 15 is 0 Å². The van der Waals surface area contributed by atoms with E-state index < -0.39 is 21.6 Å². The number of carbonyl (C=O) groups is 1. The standard InChI is InChI=1S/C11H18N2O4S/c1-3-10(4-2)13-6-5-9(12-13)7-18(16,17)8-11(14)15/h5-6,10H,3-4,7-8H2,1-2H3,(H,14,15). The molecular formula is C11H18N2O4S. The lowest BCUT2D eigenvalue weighted by molar-refractivity contribution is -0.134. The highest BCUT2D eigenvalue weighted by atomic mass is 32.2. The number of hydrogen-bond donors (Lipinski definition) is 1. The lowest BCUT2D eigenvalue weighted by Crippen LogP contribution is -2.17. The molecule has 1 aromatic heterocycles. The van der Waals surface area contributed by atoms with Crippen LogP contribution in [0.15, 0.2) is 12.3 Å². The average Bonchev–Trinajstić information content (AvgIpc) is 2.65. The fourth-order valence-corrected chi connectivity index (χ4v) is 2.87. The molecule has 7 heteroatoms. The van der Waals surface area contributed by atoms with Gasteiger partial charge in [0.25, 0.3) is 0 Å². The van der Waals surface area contributed by atoms with Crippen LogP contribution in [-0.4, -0.2) is 35.0 Å². The van der Waals surface area contributed by atoms with Crippen molar-refractivity contribution in [3.05, 3.63) is 18.0 Å². The molecule has 0 amide bonds. The minimum absolute atomic E-state index is 0.251. The van der Waals surface area contributed by atoms with E-state index in [-0.39, 0.29) is 11.8 Å². The van der Waals surface area contributed by atoms with Gasteiger partial charge in [-0.15, -0.1) is 0 Å². The number of nitrogens with zero attached hydrogens (tertiary/aromatic N) is 2. The predicted molar refractivity (Wildman–Crippen MR) is 67.0 cm³/mol. The van der Waals surface area contributed by atoms with E-state index in [4.69, 9.17) is 5.11 Å². The van der Waals surface area contributed by atoms with Gasteiger partial charge >= 0.3 is 5.97 Å². The van der Waals surface area contributed by atoms with Crippen LogP contribution in [0.25, 0.3) is 0 Å². The first-order valence-electron chi connectivity index (χ1n) is 5.84. The Balaban J connectivity index is 2.78. The van der Waals surface area contributed by atoms with Crippen LogP contribution in [0.3, 0.4) is 0 Å². The number of aromatic nitrogens is 2. The van der Waals surface area contributed by atoms with E-state index in [0.29, 0.717) is 5.69 Å². The van der Waals surface area contributed by atoms with Gasteiger partial charge in [-0.3, -0.25) is 9.48 Å². The Kier molecular flexibility index (Phi) is 4.89. The molecule has 0 aliphatic rings. The lowest BCUT2D eigenvalue weighted by Gasteiger charge is -2.12. The van der Waals surface area contributed by atoms with Crippen molar-refractivity contribution in [2.75, 3.05) is 5.75 Å². The van der Waals surface area contributed by atoms with Gasteiger partial charge in [-0.25, -0.2) is 8.42 Å². The molecule has 0 spiro atoms. The van der Waals surface area contributed by atoms with Gasteiger partial charge in [0.1, 0.15) is 5.75 Å². The maximum absolute atomic E-state index is 11.5. The Morgan fingerprint density at radius 2 is 2.06 bits per heavy atom. The molecule has 0 aliphatic carbocycles. The SMILES string of the molecule is CCC(CC)n1ccc(CS(=O)(=O)CC(=O)O)n1. The molecule has 0 radical (unpaired) electrons. The summed E-state index contributed by atoms with van der Waals surface area (Å²) < 4.78 is 24.7. The third kappa shape index (κ3) is 4.14. The van der Waals surface area contributed by atoms with Crippen LogP contribution in [0.1, 0.15) is 38.4 Å². The Morgan fingerprint density at radius 3 is 2.56 bits per heavy atom. The first kappa shape index (κ1) is 14.7. The van der Waals surface area contributed by atoms with Crippen LogP contribution >= 0.6 is 0 Å². The molecule has 18 heavy (non-hydrogen) atoms. The van der Waals surface area contributed by atoms with E-state index in [1.807, 2.05) is 13.8 Å². The molecule has 0 saturated carbocycles. The normalized spacial score (nSPS) is 11.9. The van der Waals surface area contributed by atoms with Crippen LogP contribution in [0.2, 0.25) is 0 Å². The molecule has 1 heterocycles. The van der Waals surface area contributed by atoms with Gasteiger partial charge in [0, 0.05) is 6.20 Å². The Hall–Kier alpha value is -1.37. The molecule has 0 aliphatic heterocycles. The van der Waals surface area contributed by atoms with E-state index in [1.165, 1.54) is 0 Å². The second kappa shape index (κ2) is 5.99. The zero-order valence-electron chi connectivity index (χ0n) is 10.5. The second-order valence-corrected chi connectivity index (χ2v) is 6.25. The maximum Gasteiger partial charge on any atom is 0.318 e. The van der Waals surface area contributed by atoms with Crippen molar-refractivity contribution < 1.29 is 18.3 Å². The van der Waals surface area contributed by atoms with Gasteiger partial charge in [-0.2, -0.15) is 5.10 Å². The molecular weight excluding hydrogens is 256 g/mol. The monoisotopic (exact) mass is 274 g/mol. The molecule has 1 aromatic rings. The topological polar surface area (TPSA) is 89.3 Å². The summed E-state index contributed by atoms with van der Waals surface area (Å²) in [7, 11) is -3.64. The van der Waals surface area contributed by atoms with Gasteiger partial charge in [0.15, 0.2) is 9.84 Å². The van der Waals surface area contributed by atoms with Crippen molar-refractivity contribution in [2.24, 2.45) is 0 Å². The molecule has 0 fully saturated rings. The van der Waals surface area contributed by atoms with Crippen molar-refractivity contribution in [1.82, 2.24) is 9.78 Å². The summed E-state index contributed by atoms with van der Waals surface area (Å²) in [6.07, 6.45) is 3.57. The minimum Gasteiger partial charge on any atom is -0.480 e. The van der Waals surface area contributed by atoms with Gasteiger partial charge in [0.2, 0.25) is 0 Å². The quantitative estimate of drug-likeness (QED) is 0.808. The number of carboxylic acid groups (broad SMARTS) is 1. The molecule has 0 aromatic carbocycles. The second-order valence-electron chi connectivity index (χ2n) is 4.18. The van der Waals surface area contributed by atoms with Gasteiger partial charge in [-0.1, -0.05) is 13.8 Å². The van der Waals surface area contributed by atoms with E-state index in [1.54, 1.807) is 16.9 Å². The van der Waals surface area contributed by atoms with Gasteiger partial charge < -0.3 is 5.11 Å². The number of sulfone groups is 1. The summed E-state index contributed by atoms with van der Waals surface area (Å²) in [5.74, 6) is -2.52. The number of hydrogen-bond acceptors (Lipinski definition) is 4. The molecule has 6 nitrogen and oxygen atoms in total. The zero-order chi connectivity index (χ0) is 13.8. The van der Waals surface area contributed by atoms with E-state index in [2.05, 4.69) is 5.10 Å². The fourth-order valence-electron chi connectivity index (χ4n) is 1.78. The summed E-state index contributed by atoms with van der Waals surface area (Å²) in [6, 6.07) is 1.87. The average molecular weight is 274 g/mol. The minimum atomic E-state index is -3.64. The summed E-state index contributed by atoms with van der Waals surface area (Å²) in [5.41, 5.74) is 0.392. The fraction of sp³-hybridized carbons (Fsp3) is 0.636. The van der Waals surface area contributed by atoms with Crippen molar-refractivity contribution in [3.63, 3.8) is 0 Å². The van der Waals surface area contributed by atoms with Crippen molar-refractivity contribution >= 4 is 15.8 Å². The van der Waals surface area contributed by atoms with E-state index in [9.17, 15) is 13.2 Å². The Morgan fingerprint density at radius 1 is 1.44 bits per heavy atom. The first-order valence-corrected chi connectivity index (χ1v) is 7.66.